The number of esters is 1. The maximum absolute atomic E-state index is 12.9. The van der Waals surface area contributed by atoms with E-state index < -0.39 is 23.8 Å². The number of carbonyl (C=O) groups excluding carboxylic acids is 2. The number of carboxylic acids is 1. The summed E-state index contributed by atoms with van der Waals surface area (Å²) >= 11 is 1.42. The van der Waals surface area contributed by atoms with Crippen LogP contribution < -0.4 is 5.32 Å². The van der Waals surface area contributed by atoms with Gasteiger partial charge in [-0.25, -0.2) is 4.79 Å². The lowest BCUT2D eigenvalue weighted by Gasteiger charge is -2.24. The number of rotatable bonds is 5. The first-order chi connectivity index (χ1) is 13.3. The summed E-state index contributed by atoms with van der Waals surface area (Å²) in [5.41, 5.74) is 1.43. The zero-order chi connectivity index (χ0) is 20.4. The molecule has 7 heteroatoms. The van der Waals surface area contributed by atoms with Gasteiger partial charge < -0.3 is 15.2 Å². The molecule has 0 aromatic carbocycles. The third kappa shape index (κ3) is 4.29. The Hall–Kier alpha value is -2.15. The zero-order valence-corrected chi connectivity index (χ0v) is 17.3. The molecule has 152 valence electrons. The summed E-state index contributed by atoms with van der Waals surface area (Å²) in [4.78, 5) is 38.3. The number of aliphatic carboxylic acids is 1. The van der Waals surface area contributed by atoms with Crippen molar-refractivity contribution in [2.24, 2.45) is 17.8 Å². The average Bonchev–Trinajstić information content (AvgIpc) is 2.97. The topological polar surface area (TPSA) is 92.7 Å². The lowest BCUT2D eigenvalue weighted by atomic mass is 9.82. The second kappa shape index (κ2) is 8.47. The van der Waals surface area contributed by atoms with Crippen LogP contribution in [0.3, 0.4) is 0 Å². The molecule has 28 heavy (non-hydrogen) atoms. The van der Waals surface area contributed by atoms with Crippen molar-refractivity contribution in [2.75, 3.05) is 5.32 Å². The van der Waals surface area contributed by atoms with Crippen LogP contribution in [0.5, 0.6) is 0 Å². The van der Waals surface area contributed by atoms with E-state index in [2.05, 4.69) is 12.2 Å². The van der Waals surface area contributed by atoms with Gasteiger partial charge >= 0.3 is 11.9 Å². The smallest absolute Gasteiger partial charge is 0.341 e. The lowest BCUT2D eigenvalue weighted by Crippen LogP contribution is -2.34. The molecule has 1 amide bonds. The fourth-order valence-electron chi connectivity index (χ4n) is 3.91. The van der Waals surface area contributed by atoms with Crippen LogP contribution in [-0.2, 0) is 27.2 Å². The number of thiophene rings is 1. The summed E-state index contributed by atoms with van der Waals surface area (Å²) in [5, 5.41) is 12.8. The Morgan fingerprint density at radius 3 is 2.54 bits per heavy atom. The third-order valence-electron chi connectivity index (χ3n) is 5.38. The summed E-state index contributed by atoms with van der Waals surface area (Å²) in [7, 11) is 0. The maximum atomic E-state index is 12.9. The highest BCUT2D eigenvalue weighted by Crippen LogP contribution is 2.41. The second-order valence-corrected chi connectivity index (χ2v) is 9.10. The van der Waals surface area contributed by atoms with Gasteiger partial charge in [0.25, 0.3) is 0 Å². The van der Waals surface area contributed by atoms with Crippen LogP contribution >= 0.6 is 11.3 Å². The fourth-order valence-corrected chi connectivity index (χ4v) is 5.31. The molecule has 1 heterocycles. The molecular formula is C21H27NO5S. The molecule has 2 N–H and O–H groups in total. The zero-order valence-electron chi connectivity index (χ0n) is 16.5. The molecule has 6 nitrogen and oxygen atoms in total. The number of fused-ring (bicyclic) bond motifs is 1. The number of carbonyl (C=O) groups is 3. The number of hydrogen-bond acceptors (Lipinski definition) is 5. The first-order valence-corrected chi connectivity index (χ1v) is 10.6. The standard InChI is InChI=1S/C21H27NO5S/c1-11(2)27-21(26)17-15-9-8-12(3)10-16(15)28-19(17)22-18(23)13-6-4-5-7-14(13)20(24)25/h4-5,11-14H,6-10H2,1-3H3,(H,22,23)(H,24,25)/t12-,13-,14-/m0/s1. The van der Waals surface area contributed by atoms with Gasteiger partial charge in [-0.3, -0.25) is 9.59 Å². The van der Waals surface area contributed by atoms with E-state index in [0.29, 0.717) is 29.3 Å². The molecule has 3 atom stereocenters. The molecule has 1 aromatic heterocycles. The molecule has 0 saturated heterocycles. The predicted molar refractivity (Wildman–Crippen MR) is 108 cm³/mol. The molecular weight excluding hydrogens is 378 g/mol. The molecule has 0 unspecified atom stereocenters. The lowest BCUT2D eigenvalue weighted by molar-refractivity contribution is -0.146. The van der Waals surface area contributed by atoms with Crippen molar-refractivity contribution in [2.45, 2.75) is 59.0 Å². The van der Waals surface area contributed by atoms with E-state index in [0.717, 1.165) is 29.7 Å². The number of allylic oxidation sites excluding steroid dienone is 2. The Bertz CT molecular complexity index is 810. The molecule has 2 aliphatic rings. The quantitative estimate of drug-likeness (QED) is 0.570. The Kier molecular flexibility index (Phi) is 6.23. The van der Waals surface area contributed by atoms with Gasteiger partial charge in [-0.05, 0) is 57.4 Å². The molecule has 0 fully saturated rings. The second-order valence-electron chi connectivity index (χ2n) is 7.99. The van der Waals surface area contributed by atoms with Crippen molar-refractivity contribution in [3.8, 4) is 0 Å². The van der Waals surface area contributed by atoms with Crippen molar-refractivity contribution in [3.05, 3.63) is 28.2 Å². The molecule has 2 aliphatic carbocycles. The number of anilines is 1. The SMILES string of the molecule is CC(C)OC(=O)c1c(NC(=O)[C@H]2CC=CC[C@@H]2C(=O)O)sc2c1CC[C@H](C)C2. The highest BCUT2D eigenvalue weighted by Gasteiger charge is 2.36. The molecule has 0 spiro atoms. The van der Waals surface area contributed by atoms with Crippen LogP contribution in [0.25, 0.3) is 0 Å². The molecule has 0 aliphatic heterocycles. The summed E-state index contributed by atoms with van der Waals surface area (Å²) in [6.07, 6.45) is 6.78. The summed E-state index contributed by atoms with van der Waals surface area (Å²) in [5.74, 6) is -2.59. The van der Waals surface area contributed by atoms with Crippen LogP contribution in [0.1, 0.15) is 60.8 Å². The predicted octanol–water partition coefficient (Wildman–Crippen LogP) is 4.04. The van der Waals surface area contributed by atoms with E-state index in [-0.39, 0.29) is 12.0 Å². The van der Waals surface area contributed by atoms with Gasteiger partial charge in [-0.1, -0.05) is 19.1 Å². The van der Waals surface area contributed by atoms with Crippen LogP contribution in [0.4, 0.5) is 5.00 Å². The van der Waals surface area contributed by atoms with Gasteiger partial charge in [0.15, 0.2) is 0 Å². The summed E-state index contributed by atoms with van der Waals surface area (Å²) in [6.45, 7) is 5.77. The van der Waals surface area contributed by atoms with E-state index in [9.17, 15) is 19.5 Å². The first kappa shape index (κ1) is 20.6. The van der Waals surface area contributed by atoms with Crippen molar-refractivity contribution in [3.63, 3.8) is 0 Å². The summed E-state index contributed by atoms with van der Waals surface area (Å²) < 4.78 is 5.43. The van der Waals surface area contributed by atoms with E-state index in [1.54, 1.807) is 19.9 Å². The number of ether oxygens (including phenoxy) is 1. The van der Waals surface area contributed by atoms with Crippen molar-refractivity contribution in [1.29, 1.82) is 0 Å². The monoisotopic (exact) mass is 405 g/mol. The number of nitrogens with one attached hydrogen (secondary N) is 1. The highest BCUT2D eigenvalue weighted by molar-refractivity contribution is 7.17. The third-order valence-corrected chi connectivity index (χ3v) is 6.55. The van der Waals surface area contributed by atoms with Gasteiger partial charge in [0.05, 0.1) is 23.5 Å². The Morgan fingerprint density at radius 2 is 1.89 bits per heavy atom. The number of hydrogen-bond donors (Lipinski definition) is 2. The van der Waals surface area contributed by atoms with Crippen molar-refractivity contribution in [1.82, 2.24) is 0 Å². The van der Waals surface area contributed by atoms with Gasteiger partial charge in [-0.2, -0.15) is 0 Å². The van der Waals surface area contributed by atoms with Crippen molar-refractivity contribution >= 4 is 34.2 Å². The van der Waals surface area contributed by atoms with Gasteiger partial charge in [0.1, 0.15) is 5.00 Å². The number of carboxylic acid groups (broad SMARTS) is 1. The van der Waals surface area contributed by atoms with Crippen LogP contribution in [0, 0.1) is 17.8 Å². The Morgan fingerprint density at radius 1 is 1.21 bits per heavy atom. The highest BCUT2D eigenvalue weighted by atomic mass is 32.1. The minimum Gasteiger partial charge on any atom is -0.481 e. The minimum absolute atomic E-state index is 0.256. The Balaban J connectivity index is 1.90. The van der Waals surface area contributed by atoms with E-state index in [1.165, 1.54) is 11.3 Å². The number of amides is 1. The maximum Gasteiger partial charge on any atom is 0.341 e. The largest absolute Gasteiger partial charge is 0.481 e. The molecule has 0 radical (unpaired) electrons. The van der Waals surface area contributed by atoms with Crippen LogP contribution in [-0.4, -0.2) is 29.1 Å². The molecule has 3 rings (SSSR count). The molecule has 1 aromatic rings. The molecule has 0 bridgehead atoms. The average molecular weight is 406 g/mol. The van der Waals surface area contributed by atoms with E-state index in [1.807, 2.05) is 6.08 Å². The van der Waals surface area contributed by atoms with E-state index in [4.69, 9.17) is 4.74 Å². The first-order valence-electron chi connectivity index (χ1n) is 9.82. The van der Waals surface area contributed by atoms with E-state index >= 15 is 0 Å². The minimum atomic E-state index is -0.969. The van der Waals surface area contributed by atoms with Crippen molar-refractivity contribution < 1.29 is 24.2 Å². The normalized spacial score (nSPS) is 23.9. The fraction of sp³-hybridized carbons (Fsp3) is 0.571. The Labute approximate surface area is 169 Å². The van der Waals surface area contributed by atoms with Gasteiger partial charge in [0, 0.05) is 4.88 Å². The molecule has 0 saturated carbocycles. The van der Waals surface area contributed by atoms with Gasteiger partial charge in [0.2, 0.25) is 5.91 Å². The van der Waals surface area contributed by atoms with Crippen LogP contribution in [0.15, 0.2) is 12.2 Å². The van der Waals surface area contributed by atoms with Crippen LogP contribution in [0.2, 0.25) is 0 Å². The summed E-state index contributed by atoms with van der Waals surface area (Å²) in [6, 6.07) is 0. The van der Waals surface area contributed by atoms with Gasteiger partial charge in [-0.15, -0.1) is 11.3 Å².